The standard InChI is InChI=1S/C29H40F3N5O3/c1-6-36(5)15-24(38)16-40-26-10-9-25(17(2)18(26)3)19(4)37-22-7-8-23(37)12-21(11-22)35-27(39)20-13-33-28(34-14-20)29(30,31)32/h9-10,13-14,19,21-24,38H,6-8,11-12,15-16H2,1-5H3,(H,35,39)/t19?,21?,22?,23?,24-/m0/s1. The molecule has 3 unspecified atom stereocenters. The first-order valence-electron chi connectivity index (χ1n) is 14.0. The highest BCUT2D eigenvalue weighted by atomic mass is 19.4. The van der Waals surface area contributed by atoms with Crippen molar-refractivity contribution in [2.24, 2.45) is 0 Å². The topological polar surface area (TPSA) is 90.8 Å². The van der Waals surface area contributed by atoms with Crippen molar-refractivity contribution in [3.8, 4) is 5.75 Å². The summed E-state index contributed by atoms with van der Waals surface area (Å²) in [5.41, 5.74) is 3.49. The Bertz CT molecular complexity index is 1160. The van der Waals surface area contributed by atoms with Gasteiger partial charge in [0.05, 0.1) is 5.56 Å². The van der Waals surface area contributed by atoms with Crippen molar-refractivity contribution in [3.05, 3.63) is 52.6 Å². The largest absolute Gasteiger partial charge is 0.491 e. The molecule has 2 fully saturated rings. The molecule has 2 aliphatic heterocycles. The summed E-state index contributed by atoms with van der Waals surface area (Å²) < 4.78 is 44.2. The van der Waals surface area contributed by atoms with Crippen molar-refractivity contribution < 1.29 is 27.8 Å². The number of likely N-dealkylation sites (N-methyl/N-ethyl adjacent to an activating group) is 1. The summed E-state index contributed by atoms with van der Waals surface area (Å²) in [5, 5.41) is 13.3. The lowest BCUT2D eigenvalue weighted by molar-refractivity contribution is -0.145. The Labute approximate surface area is 233 Å². The molecule has 2 N–H and O–H groups in total. The van der Waals surface area contributed by atoms with E-state index in [-0.39, 0.29) is 24.3 Å². The molecule has 2 saturated heterocycles. The van der Waals surface area contributed by atoms with E-state index in [0.29, 0.717) is 18.6 Å². The Kier molecular flexibility index (Phi) is 9.36. The molecule has 4 rings (SSSR count). The first-order valence-corrected chi connectivity index (χ1v) is 14.0. The van der Waals surface area contributed by atoms with Crippen LogP contribution in [0.3, 0.4) is 0 Å². The molecule has 2 aliphatic rings. The summed E-state index contributed by atoms with van der Waals surface area (Å²) >= 11 is 0. The van der Waals surface area contributed by atoms with Gasteiger partial charge >= 0.3 is 6.18 Å². The van der Waals surface area contributed by atoms with Crippen LogP contribution < -0.4 is 10.1 Å². The molecule has 2 bridgehead atoms. The quantitative estimate of drug-likeness (QED) is 0.446. The number of carbonyl (C=O) groups excluding carboxylic acids is 1. The molecule has 0 aliphatic carbocycles. The van der Waals surface area contributed by atoms with Gasteiger partial charge in [-0.25, -0.2) is 9.97 Å². The number of nitrogens with zero attached hydrogens (tertiary/aromatic N) is 4. The fourth-order valence-electron chi connectivity index (χ4n) is 6.14. The number of alkyl halides is 3. The van der Waals surface area contributed by atoms with Crippen LogP contribution in [-0.2, 0) is 6.18 Å². The highest BCUT2D eigenvalue weighted by Crippen LogP contribution is 2.43. The second-order valence-electron chi connectivity index (χ2n) is 11.2. The summed E-state index contributed by atoms with van der Waals surface area (Å²) in [6, 6.07) is 4.81. The molecule has 0 spiro atoms. The van der Waals surface area contributed by atoms with Crippen LogP contribution >= 0.6 is 0 Å². The van der Waals surface area contributed by atoms with Gasteiger partial charge in [0.2, 0.25) is 5.82 Å². The van der Waals surface area contributed by atoms with E-state index >= 15 is 0 Å². The van der Waals surface area contributed by atoms with Gasteiger partial charge in [0.15, 0.2) is 0 Å². The molecule has 1 amide bonds. The monoisotopic (exact) mass is 563 g/mol. The number of aliphatic hydroxyl groups is 1. The number of piperidine rings is 1. The highest BCUT2D eigenvalue weighted by Gasteiger charge is 2.44. The third kappa shape index (κ3) is 6.75. The lowest BCUT2D eigenvalue weighted by Crippen LogP contribution is -2.51. The van der Waals surface area contributed by atoms with Gasteiger partial charge in [0, 0.05) is 43.1 Å². The van der Waals surface area contributed by atoms with Crippen LogP contribution in [0, 0.1) is 13.8 Å². The average molecular weight is 564 g/mol. The predicted molar refractivity (Wildman–Crippen MR) is 145 cm³/mol. The molecule has 8 nitrogen and oxygen atoms in total. The zero-order valence-corrected chi connectivity index (χ0v) is 23.8. The maximum Gasteiger partial charge on any atom is 0.451 e. The number of hydrogen-bond donors (Lipinski definition) is 2. The first kappa shape index (κ1) is 30.2. The molecule has 220 valence electrons. The molecule has 0 radical (unpaired) electrons. The van der Waals surface area contributed by atoms with Crippen LogP contribution in [0.5, 0.6) is 5.75 Å². The number of aliphatic hydroxyl groups excluding tert-OH is 1. The van der Waals surface area contributed by atoms with E-state index < -0.39 is 24.0 Å². The Hall–Kier alpha value is -2.76. The Morgan fingerprint density at radius 2 is 1.80 bits per heavy atom. The average Bonchev–Trinajstić information content (AvgIpc) is 3.18. The fraction of sp³-hybridized carbons (Fsp3) is 0.621. The normalized spacial score (nSPS) is 22.8. The third-order valence-corrected chi connectivity index (χ3v) is 8.46. The van der Waals surface area contributed by atoms with Gasteiger partial charge in [-0.05, 0) is 82.8 Å². The maximum atomic E-state index is 12.7. The molecule has 11 heteroatoms. The van der Waals surface area contributed by atoms with E-state index in [2.05, 4.69) is 40.1 Å². The molecule has 4 atom stereocenters. The number of halogens is 3. The molecule has 1 aromatic carbocycles. The van der Waals surface area contributed by atoms with Gasteiger partial charge in [-0.3, -0.25) is 9.69 Å². The van der Waals surface area contributed by atoms with Gasteiger partial charge in [0.1, 0.15) is 18.5 Å². The van der Waals surface area contributed by atoms with E-state index in [4.69, 9.17) is 4.74 Å². The highest BCUT2D eigenvalue weighted by molar-refractivity contribution is 5.93. The van der Waals surface area contributed by atoms with Crippen LogP contribution in [0.25, 0.3) is 0 Å². The number of carbonyl (C=O) groups is 1. The Morgan fingerprint density at radius 1 is 1.18 bits per heavy atom. The van der Waals surface area contributed by atoms with E-state index in [9.17, 15) is 23.1 Å². The Balaban J connectivity index is 1.37. The SMILES string of the molecule is CCN(C)C[C@H](O)COc1ccc(C(C)N2C3CCC2CC(NC(=O)c2cnc(C(F)(F)F)nc2)C3)c(C)c1C. The minimum absolute atomic E-state index is 0.0226. The third-order valence-electron chi connectivity index (χ3n) is 8.46. The second kappa shape index (κ2) is 12.4. The summed E-state index contributed by atoms with van der Waals surface area (Å²) in [6.45, 7) is 10.1. The Morgan fingerprint density at radius 3 is 2.38 bits per heavy atom. The number of hydrogen-bond acceptors (Lipinski definition) is 7. The van der Waals surface area contributed by atoms with Crippen LogP contribution in [0.4, 0.5) is 13.2 Å². The van der Waals surface area contributed by atoms with Gasteiger partial charge in [0.25, 0.3) is 5.91 Å². The first-order chi connectivity index (χ1) is 18.9. The molecular formula is C29H40F3N5O3. The van der Waals surface area contributed by atoms with Crippen LogP contribution in [-0.4, -0.2) is 81.8 Å². The second-order valence-corrected chi connectivity index (χ2v) is 11.2. The summed E-state index contributed by atoms with van der Waals surface area (Å²) in [4.78, 5) is 23.9. The van der Waals surface area contributed by atoms with Crippen molar-refractivity contribution in [3.63, 3.8) is 0 Å². The molecular weight excluding hydrogens is 523 g/mol. The number of fused-ring (bicyclic) bond motifs is 2. The van der Waals surface area contributed by atoms with E-state index in [1.165, 1.54) is 11.1 Å². The molecule has 3 heterocycles. The summed E-state index contributed by atoms with van der Waals surface area (Å²) in [7, 11) is 1.97. The molecule has 40 heavy (non-hydrogen) atoms. The lowest BCUT2D eigenvalue weighted by atomic mass is 9.91. The van der Waals surface area contributed by atoms with Crippen LogP contribution in [0.15, 0.2) is 24.5 Å². The molecule has 0 saturated carbocycles. The van der Waals surface area contributed by atoms with Crippen LogP contribution in [0.2, 0.25) is 0 Å². The fourth-order valence-corrected chi connectivity index (χ4v) is 6.14. The van der Waals surface area contributed by atoms with Gasteiger partial charge in [-0.2, -0.15) is 13.2 Å². The smallest absolute Gasteiger partial charge is 0.451 e. The van der Waals surface area contributed by atoms with E-state index in [1.807, 2.05) is 31.9 Å². The van der Waals surface area contributed by atoms with E-state index in [0.717, 1.165) is 55.9 Å². The van der Waals surface area contributed by atoms with Gasteiger partial charge in [-0.1, -0.05) is 13.0 Å². The lowest BCUT2D eigenvalue weighted by Gasteiger charge is -2.43. The molecule has 2 aromatic rings. The predicted octanol–water partition coefficient (Wildman–Crippen LogP) is 4.29. The van der Waals surface area contributed by atoms with Crippen molar-refractivity contribution in [2.75, 3.05) is 26.7 Å². The van der Waals surface area contributed by atoms with Crippen molar-refractivity contribution in [1.82, 2.24) is 25.1 Å². The van der Waals surface area contributed by atoms with Crippen molar-refractivity contribution >= 4 is 5.91 Å². The number of amides is 1. The van der Waals surface area contributed by atoms with Crippen LogP contribution in [0.1, 0.15) is 78.4 Å². The van der Waals surface area contributed by atoms with E-state index in [1.54, 1.807) is 0 Å². The minimum atomic E-state index is -4.64. The van der Waals surface area contributed by atoms with Crippen molar-refractivity contribution in [1.29, 1.82) is 0 Å². The van der Waals surface area contributed by atoms with Gasteiger partial charge in [-0.15, -0.1) is 0 Å². The minimum Gasteiger partial charge on any atom is -0.491 e. The summed E-state index contributed by atoms with van der Waals surface area (Å²) in [6.07, 6.45) is 0.277. The molecule has 1 aromatic heterocycles. The number of ether oxygens (including phenoxy) is 1. The zero-order valence-electron chi connectivity index (χ0n) is 23.8. The number of benzene rings is 1. The summed E-state index contributed by atoms with van der Waals surface area (Å²) in [5.74, 6) is -0.927. The number of rotatable bonds is 10. The maximum absolute atomic E-state index is 12.7. The number of nitrogens with one attached hydrogen (secondary N) is 1. The van der Waals surface area contributed by atoms with Crippen molar-refractivity contribution in [2.45, 2.75) is 89.8 Å². The zero-order chi connectivity index (χ0) is 29.2. The van der Waals surface area contributed by atoms with Gasteiger partial charge < -0.3 is 20.1 Å². The number of aromatic nitrogens is 2.